The van der Waals surface area contributed by atoms with Crippen molar-refractivity contribution in [2.24, 2.45) is 11.3 Å². The zero-order valence-electron chi connectivity index (χ0n) is 13.6. The van der Waals surface area contributed by atoms with Gasteiger partial charge in [-0.25, -0.2) is 4.39 Å². The molecule has 0 bridgehead atoms. The fourth-order valence-electron chi connectivity index (χ4n) is 3.72. The molecular formula is C19H28FN. The van der Waals surface area contributed by atoms with Crippen molar-refractivity contribution in [2.75, 3.05) is 6.54 Å². The van der Waals surface area contributed by atoms with Gasteiger partial charge in [0.15, 0.2) is 0 Å². The maximum absolute atomic E-state index is 14.0. The predicted molar refractivity (Wildman–Crippen MR) is 86.0 cm³/mol. The van der Waals surface area contributed by atoms with Gasteiger partial charge in [-0.3, -0.25) is 0 Å². The summed E-state index contributed by atoms with van der Waals surface area (Å²) in [5, 5.41) is 3.69. The van der Waals surface area contributed by atoms with E-state index in [1.807, 2.05) is 13.0 Å². The van der Waals surface area contributed by atoms with E-state index < -0.39 is 0 Å². The van der Waals surface area contributed by atoms with Gasteiger partial charge in [0.2, 0.25) is 0 Å². The van der Waals surface area contributed by atoms with Crippen molar-refractivity contribution in [2.45, 2.75) is 64.8 Å². The van der Waals surface area contributed by atoms with Crippen LogP contribution in [0.1, 0.15) is 63.0 Å². The Morgan fingerprint density at radius 1 is 1.24 bits per heavy atom. The van der Waals surface area contributed by atoms with Gasteiger partial charge in [-0.1, -0.05) is 26.0 Å². The topological polar surface area (TPSA) is 12.0 Å². The largest absolute Gasteiger partial charge is 0.314 e. The van der Waals surface area contributed by atoms with Crippen molar-refractivity contribution in [3.8, 4) is 0 Å². The first-order chi connectivity index (χ1) is 9.94. The van der Waals surface area contributed by atoms with Gasteiger partial charge in [-0.05, 0) is 80.0 Å². The second-order valence-electron chi connectivity index (χ2n) is 7.96. The summed E-state index contributed by atoms with van der Waals surface area (Å²) in [5.41, 5.74) is 2.33. The van der Waals surface area contributed by atoms with Crippen LogP contribution in [0.15, 0.2) is 18.2 Å². The number of aryl methyl sites for hydroxylation is 1. The second-order valence-corrected chi connectivity index (χ2v) is 7.96. The molecule has 2 aliphatic carbocycles. The van der Waals surface area contributed by atoms with Crippen LogP contribution in [0.4, 0.5) is 4.39 Å². The monoisotopic (exact) mass is 289 g/mol. The molecule has 116 valence electrons. The fourth-order valence-corrected chi connectivity index (χ4v) is 3.72. The standard InChI is InChI=1S/C19H28FN/c1-13-4-5-14(10-18(13)20)17-11-19(2,3)9-8-15(17)12-21-16-6-7-16/h4-5,10,15-17,21H,6-9,11-12H2,1-3H3. The molecule has 0 heterocycles. The summed E-state index contributed by atoms with van der Waals surface area (Å²) in [6, 6.07) is 6.63. The molecule has 2 fully saturated rings. The van der Waals surface area contributed by atoms with Gasteiger partial charge in [0, 0.05) is 6.04 Å². The quantitative estimate of drug-likeness (QED) is 0.840. The molecule has 3 rings (SSSR count). The van der Waals surface area contributed by atoms with Crippen molar-refractivity contribution in [3.05, 3.63) is 35.1 Å². The zero-order valence-corrected chi connectivity index (χ0v) is 13.6. The van der Waals surface area contributed by atoms with Gasteiger partial charge >= 0.3 is 0 Å². The lowest BCUT2D eigenvalue weighted by Gasteiger charge is -2.41. The number of hydrogen-bond donors (Lipinski definition) is 1. The van der Waals surface area contributed by atoms with Gasteiger partial charge in [0.25, 0.3) is 0 Å². The molecule has 21 heavy (non-hydrogen) atoms. The van der Waals surface area contributed by atoms with E-state index >= 15 is 0 Å². The van der Waals surface area contributed by atoms with Gasteiger partial charge in [0.1, 0.15) is 5.82 Å². The average Bonchev–Trinajstić information content (AvgIpc) is 3.24. The molecule has 0 aromatic heterocycles. The van der Waals surface area contributed by atoms with Crippen LogP contribution < -0.4 is 5.32 Å². The Morgan fingerprint density at radius 2 is 2.00 bits per heavy atom. The summed E-state index contributed by atoms with van der Waals surface area (Å²) < 4.78 is 14.0. The SMILES string of the molecule is Cc1ccc(C2CC(C)(C)CCC2CNC2CC2)cc1F. The highest BCUT2D eigenvalue weighted by Crippen LogP contribution is 2.46. The Balaban J connectivity index is 1.79. The van der Waals surface area contributed by atoms with Crippen molar-refractivity contribution < 1.29 is 4.39 Å². The van der Waals surface area contributed by atoms with E-state index in [1.165, 1.54) is 37.7 Å². The third-order valence-electron chi connectivity index (χ3n) is 5.40. The fraction of sp³-hybridized carbons (Fsp3) is 0.684. The van der Waals surface area contributed by atoms with Crippen LogP contribution in [0.25, 0.3) is 0 Å². The van der Waals surface area contributed by atoms with Crippen molar-refractivity contribution in [1.29, 1.82) is 0 Å². The summed E-state index contributed by atoms with van der Waals surface area (Å²) in [6.07, 6.45) is 6.39. The van der Waals surface area contributed by atoms with Crippen LogP contribution in [0.3, 0.4) is 0 Å². The molecule has 0 saturated heterocycles. The molecule has 2 saturated carbocycles. The van der Waals surface area contributed by atoms with Crippen LogP contribution in [0.2, 0.25) is 0 Å². The Bertz CT molecular complexity index is 502. The predicted octanol–water partition coefficient (Wildman–Crippen LogP) is 4.80. The van der Waals surface area contributed by atoms with Crippen LogP contribution in [0.5, 0.6) is 0 Å². The Morgan fingerprint density at radius 3 is 2.67 bits per heavy atom. The van der Waals surface area contributed by atoms with E-state index in [0.29, 0.717) is 17.3 Å². The number of hydrogen-bond acceptors (Lipinski definition) is 1. The molecule has 0 spiro atoms. The molecule has 1 N–H and O–H groups in total. The highest BCUT2D eigenvalue weighted by Gasteiger charge is 2.36. The average molecular weight is 289 g/mol. The minimum Gasteiger partial charge on any atom is -0.314 e. The molecule has 2 aliphatic rings. The van der Waals surface area contributed by atoms with Crippen LogP contribution in [-0.2, 0) is 0 Å². The summed E-state index contributed by atoms with van der Waals surface area (Å²) in [7, 11) is 0. The van der Waals surface area contributed by atoms with Crippen molar-refractivity contribution in [3.63, 3.8) is 0 Å². The van der Waals surface area contributed by atoms with Gasteiger partial charge < -0.3 is 5.32 Å². The highest BCUT2D eigenvalue weighted by molar-refractivity contribution is 5.27. The van der Waals surface area contributed by atoms with E-state index in [4.69, 9.17) is 0 Å². The maximum atomic E-state index is 14.0. The first kappa shape index (κ1) is 15.0. The molecule has 0 aliphatic heterocycles. The highest BCUT2D eigenvalue weighted by atomic mass is 19.1. The molecule has 1 aromatic rings. The van der Waals surface area contributed by atoms with E-state index in [1.54, 1.807) is 6.07 Å². The van der Waals surface area contributed by atoms with E-state index in [9.17, 15) is 4.39 Å². The minimum absolute atomic E-state index is 0.0511. The van der Waals surface area contributed by atoms with E-state index in [2.05, 4.69) is 25.2 Å². The minimum atomic E-state index is -0.0511. The van der Waals surface area contributed by atoms with Crippen LogP contribution in [0, 0.1) is 24.1 Å². The van der Waals surface area contributed by atoms with Crippen molar-refractivity contribution in [1.82, 2.24) is 5.32 Å². The number of rotatable bonds is 4. The Kier molecular flexibility index (Phi) is 4.09. The molecular weight excluding hydrogens is 261 g/mol. The maximum Gasteiger partial charge on any atom is 0.126 e. The zero-order chi connectivity index (χ0) is 15.0. The molecule has 0 amide bonds. The molecule has 2 unspecified atom stereocenters. The van der Waals surface area contributed by atoms with Crippen LogP contribution >= 0.6 is 0 Å². The Hall–Kier alpha value is -0.890. The molecule has 0 radical (unpaired) electrons. The molecule has 2 atom stereocenters. The van der Waals surface area contributed by atoms with Crippen LogP contribution in [-0.4, -0.2) is 12.6 Å². The summed E-state index contributed by atoms with van der Waals surface area (Å²) >= 11 is 0. The van der Waals surface area contributed by atoms with E-state index in [-0.39, 0.29) is 5.82 Å². The van der Waals surface area contributed by atoms with Gasteiger partial charge in [-0.2, -0.15) is 0 Å². The number of benzene rings is 1. The number of nitrogens with one attached hydrogen (secondary N) is 1. The summed E-state index contributed by atoms with van der Waals surface area (Å²) in [5.74, 6) is 1.10. The third kappa shape index (κ3) is 3.66. The van der Waals surface area contributed by atoms with Gasteiger partial charge in [-0.15, -0.1) is 0 Å². The first-order valence-electron chi connectivity index (χ1n) is 8.44. The molecule has 1 nitrogen and oxygen atoms in total. The molecule has 1 aromatic carbocycles. The summed E-state index contributed by atoms with van der Waals surface area (Å²) in [4.78, 5) is 0. The summed E-state index contributed by atoms with van der Waals surface area (Å²) in [6.45, 7) is 7.65. The molecule has 2 heteroatoms. The smallest absolute Gasteiger partial charge is 0.126 e. The third-order valence-corrected chi connectivity index (χ3v) is 5.40. The first-order valence-corrected chi connectivity index (χ1v) is 8.44. The van der Waals surface area contributed by atoms with E-state index in [0.717, 1.165) is 18.2 Å². The Labute approximate surface area is 128 Å². The lowest BCUT2D eigenvalue weighted by atomic mass is 9.65. The lowest BCUT2D eigenvalue weighted by molar-refractivity contribution is 0.159. The normalized spacial score (nSPS) is 28.6. The number of halogens is 1. The van der Waals surface area contributed by atoms with Crippen molar-refractivity contribution >= 4 is 0 Å². The lowest BCUT2D eigenvalue weighted by Crippen LogP contribution is -2.35. The van der Waals surface area contributed by atoms with Gasteiger partial charge in [0.05, 0.1) is 0 Å². The second kappa shape index (κ2) is 5.72.